The highest BCUT2D eigenvalue weighted by molar-refractivity contribution is 5.76. The van der Waals surface area contributed by atoms with Crippen LogP contribution in [0.2, 0.25) is 0 Å². The molecule has 0 bridgehead atoms. The van der Waals surface area contributed by atoms with Crippen LogP contribution >= 0.6 is 0 Å². The third-order valence-electron chi connectivity index (χ3n) is 3.13. The molecule has 2 N–H and O–H groups in total. The van der Waals surface area contributed by atoms with Gasteiger partial charge in [0.1, 0.15) is 0 Å². The van der Waals surface area contributed by atoms with Crippen molar-refractivity contribution in [3.8, 4) is 0 Å². The van der Waals surface area contributed by atoms with Gasteiger partial charge >= 0.3 is 0 Å². The number of rotatable bonds is 8. The molecule has 1 rings (SSSR count). The van der Waals surface area contributed by atoms with Gasteiger partial charge in [-0.3, -0.25) is 4.79 Å². The summed E-state index contributed by atoms with van der Waals surface area (Å²) in [6, 6.07) is 8.46. The molecule has 1 unspecified atom stereocenters. The first kappa shape index (κ1) is 16.7. The van der Waals surface area contributed by atoms with Crippen LogP contribution in [-0.2, 0) is 17.9 Å². The van der Waals surface area contributed by atoms with Gasteiger partial charge in [0.25, 0.3) is 0 Å². The summed E-state index contributed by atoms with van der Waals surface area (Å²) in [4.78, 5) is 14.0. The van der Waals surface area contributed by atoms with Crippen LogP contribution < -0.4 is 10.6 Å². The Morgan fingerprint density at radius 3 is 2.50 bits per heavy atom. The largest absolute Gasteiger partial charge is 0.352 e. The maximum Gasteiger partial charge on any atom is 0.221 e. The van der Waals surface area contributed by atoms with E-state index in [1.54, 1.807) is 0 Å². The molecule has 20 heavy (non-hydrogen) atoms. The molecule has 4 nitrogen and oxygen atoms in total. The van der Waals surface area contributed by atoms with Crippen LogP contribution in [0.15, 0.2) is 24.3 Å². The fraction of sp³-hybridized carbons (Fsp3) is 0.562. The van der Waals surface area contributed by atoms with Crippen molar-refractivity contribution in [3.63, 3.8) is 0 Å². The highest BCUT2D eigenvalue weighted by Crippen LogP contribution is 2.10. The van der Waals surface area contributed by atoms with Crippen LogP contribution in [0.1, 0.15) is 31.4 Å². The van der Waals surface area contributed by atoms with Crippen molar-refractivity contribution < 1.29 is 4.79 Å². The molecule has 0 fully saturated rings. The van der Waals surface area contributed by atoms with Gasteiger partial charge in [-0.2, -0.15) is 0 Å². The van der Waals surface area contributed by atoms with Crippen LogP contribution in [0, 0.1) is 0 Å². The zero-order valence-electron chi connectivity index (χ0n) is 13.1. The van der Waals surface area contributed by atoms with Gasteiger partial charge in [-0.15, -0.1) is 0 Å². The van der Waals surface area contributed by atoms with Gasteiger partial charge in [0, 0.05) is 25.6 Å². The topological polar surface area (TPSA) is 44.4 Å². The Labute approximate surface area is 122 Å². The Morgan fingerprint density at radius 2 is 1.90 bits per heavy atom. The Bertz CT molecular complexity index is 418. The number of benzene rings is 1. The minimum absolute atomic E-state index is 0.0955. The van der Waals surface area contributed by atoms with E-state index in [4.69, 9.17) is 0 Å². The molecule has 1 atom stereocenters. The molecule has 0 aliphatic heterocycles. The molecule has 1 amide bonds. The van der Waals surface area contributed by atoms with Gasteiger partial charge < -0.3 is 15.5 Å². The number of nitrogens with zero attached hydrogens (tertiary/aromatic N) is 1. The molecule has 0 heterocycles. The summed E-state index contributed by atoms with van der Waals surface area (Å²) in [6.45, 7) is 6.45. The summed E-state index contributed by atoms with van der Waals surface area (Å²) in [6.07, 6.45) is 0.518. The van der Waals surface area contributed by atoms with Gasteiger partial charge in [-0.1, -0.05) is 31.2 Å². The highest BCUT2D eigenvalue weighted by atomic mass is 16.1. The summed E-state index contributed by atoms with van der Waals surface area (Å²) >= 11 is 0. The third kappa shape index (κ3) is 6.17. The highest BCUT2D eigenvalue weighted by Gasteiger charge is 2.09. The van der Waals surface area contributed by atoms with Crippen molar-refractivity contribution in [1.82, 2.24) is 15.5 Å². The van der Waals surface area contributed by atoms with Crippen molar-refractivity contribution >= 4 is 5.91 Å². The maximum absolute atomic E-state index is 11.9. The molecule has 0 aliphatic rings. The van der Waals surface area contributed by atoms with Gasteiger partial charge in [0.05, 0.1) is 0 Å². The SMILES string of the molecule is CCNC(C)CC(=O)NCc1ccccc1CN(C)C. The average molecular weight is 277 g/mol. The molecule has 0 spiro atoms. The normalized spacial score (nSPS) is 12.4. The third-order valence-corrected chi connectivity index (χ3v) is 3.13. The second kappa shape index (κ2) is 8.72. The lowest BCUT2D eigenvalue weighted by molar-refractivity contribution is -0.121. The fourth-order valence-corrected chi connectivity index (χ4v) is 2.19. The van der Waals surface area contributed by atoms with Crippen LogP contribution in [0.25, 0.3) is 0 Å². The Morgan fingerprint density at radius 1 is 1.25 bits per heavy atom. The van der Waals surface area contributed by atoms with E-state index in [1.807, 2.05) is 40.1 Å². The first-order valence-electron chi connectivity index (χ1n) is 7.24. The van der Waals surface area contributed by atoms with Crippen LogP contribution in [0.5, 0.6) is 0 Å². The summed E-state index contributed by atoms with van der Waals surface area (Å²) in [7, 11) is 4.10. The Hall–Kier alpha value is -1.39. The number of carbonyl (C=O) groups is 1. The smallest absolute Gasteiger partial charge is 0.221 e. The summed E-state index contributed by atoms with van der Waals surface area (Å²) in [5.74, 6) is 0.0955. The molecule has 4 heteroatoms. The standard InChI is InChI=1S/C16H27N3O/c1-5-17-13(2)10-16(20)18-11-14-8-6-7-9-15(14)12-19(3)4/h6-9,13,17H,5,10-12H2,1-4H3,(H,18,20). The monoisotopic (exact) mass is 277 g/mol. The van der Waals surface area contributed by atoms with E-state index in [1.165, 1.54) is 11.1 Å². The minimum atomic E-state index is 0.0955. The Kier molecular flexibility index (Phi) is 7.26. The van der Waals surface area contributed by atoms with E-state index >= 15 is 0 Å². The first-order chi connectivity index (χ1) is 9.52. The molecule has 112 valence electrons. The predicted molar refractivity (Wildman–Crippen MR) is 83.4 cm³/mol. The van der Waals surface area contributed by atoms with Crippen LogP contribution in [0.3, 0.4) is 0 Å². The van der Waals surface area contributed by atoms with E-state index in [2.05, 4.69) is 27.7 Å². The lowest BCUT2D eigenvalue weighted by Crippen LogP contribution is -2.33. The number of nitrogens with one attached hydrogen (secondary N) is 2. The second-order valence-corrected chi connectivity index (χ2v) is 5.45. The van der Waals surface area contributed by atoms with Crippen LogP contribution in [0.4, 0.5) is 0 Å². The van der Waals surface area contributed by atoms with Gasteiger partial charge in [0.15, 0.2) is 0 Å². The number of carbonyl (C=O) groups excluding carboxylic acids is 1. The molecule has 0 saturated carbocycles. The minimum Gasteiger partial charge on any atom is -0.352 e. The molecular formula is C16H27N3O. The molecule has 0 aromatic heterocycles. The van der Waals surface area contributed by atoms with Crippen LogP contribution in [-0.4, -0.2) is 37.5 Å². The zero-order chi connectivity index (χ0) is 15.0. The summed E-state index contributed by atoms with van der Waals surface area (Å²) < 4.78 is 0. The van der Waals surface area contributed by atoms with Gasteiger partial charge in [-0.25, -0.2) is 0 Å². The van der Waals surface area contributed by atoms with Crippen molar-refractivity contribution in [2.45, 2.75) is 39.4 Å². The lowest BCUT2D eigenvalue weighted by atomic mass is 10.1. The molecule has 0 saturated heterocycles. The predicted octanol–water partition coefficient (Wildman–Crippen LogP) is 1.75. The number of hydrogen-bond donors (Lipinski definition) is 2. The maximum atomic E-state index is 11.9. The zero-order valence-corrected chi connectivity index (χ0v) is 13.1. The summed E-state index contributed by atoms with van der Waals surface area (Å²) in [5.41, 5.74) is 2.45. The second-order valence-electron chi connectivity index (χ2n) is 5.45. The average Bonchev–Trinajstić information content (AvgIpc) is 2.37. The quantitative estimate of drug-likeness (QED) is 0.761. The molecule has 0 aliphatic carbocycles. The van der Waals surface area contributed by atoms with Crippen molar-refractivity contribution in [2.75, 3.05) is 20.6 Å². The molecule has 1 aromatic carbocycles. The van der Waals surface area contributed by atoms with E-state index in [0.29, 0.717) is 13.0 Å². The van der Waals surface area contributed by atoms with E-state index in [0.717, 1.165) is 13.1 Å². The Balaban J connectivity index is 2.50. The lowest BCUT2D eigenvalue weighted by Gasteiger charge is -2.16. The molecular weight excluding hydrogens is 250 g/mol. The summed E-state index contributed by atoms with van der Waals surface area (Å²) in [5, 5.41) is 6.25. The van der Waals surface area contributed by atoms with Crippen molar-refractivity contribution in [2.24, 2.45) is 0 Å². The first-order valence-corrected chi connectivity index (χ1v) is 7.24. The molecule has 0 radical (unpaired) electrons. The molecule has 1 aromatic rings. The van der Waals surface area contributed by atoms with Crippen molar-refractivity contribution in [1.29, 1.82) is 0 Å². The number of amides is 1. The number of hydrogen-bond acceptors (Lipinski definition) is 3. The van der Waals surface area contributed by atoms with E-state index < -0.39 is 0 Å². The van der Waals surface area contributed by atoms with Gasteiger partial charge in [-0.05, 0) is 38.7 Å². The van der Waals surface area contributed by atoms with Crippen molar-refractivity contribution in [3.05, 3.63) is 35.4 Å². The van der Waals surface area contributed by atoms with E-state index in [9.17, 15) is 4.79 Å². The fourth-order valence-electron chi connectivity index (χ4n) is 2.19. The van der Waals surface area contributed by atoms with Gasteiger partial charge in [0.2, 0.25) is 5.91 Å². The van der Waals surface area contributed by atoms with E-state index in [-0.39, 0.29) is 11.9 Å².